The van der Waals surface area contributed by atoms with Crippen LogP contribution in [0.4, 0.5) is 0 Å². The van der Waals surface area contributed by atoms with E-state index in [-0.39, 0.29) is 4.90 Å². The summed E-state index contributed by atoms with van der Waals surface area (Å²) in [6.45, 7) is 0.327. The maximum absolute atomic E-state index is 12.7. The number of H-pyrrole nitrogens is 1. The number of hydrogen-bond acceptors (Lipinski definition) is 3. The summed E-state index contributed by atoms with van der Waals surface area (Å²) in [5.74, 6) is 0. The molecule has 0 fully saturated rings. The third-order valence-electron chi connectivity index (χ3n) is 4.25. The van der Waals surface area contributed by atoms with Gasteiger partial charge in [0.15, 0.2) is 0 Å². The van der Waals surface area contributed by atoms with Crippen LogP contribution in [0.25, 0.3) is 21.8 Å². The molecule has 0 aliphatic heterocycles. The van der Waals surface area contributed by atoms with Crippen molar-refractivity contribution in [1.82, 2.24) is 14.7 Å². The van der Waals surface area contributed by atoms with Crippen LogP contribution >= 0.6 is 0 Å². The van der Waals surface area contributed by atoms with Crippen molar-refractivity contribution in [3.63, 3.8) is 0 Å². The molecule has 0 saturated carbocycles. The van der Waals surface area contributed by atoms with E-state index in [9.17, 15) is 8.42 Å². The highest BCUT2D eigenvalue weighted by Gasteiger charge is 2.17. The van der Waals surface area contributed by atoms with Crippen LogP contribution in [0.3, 0.4) is 0 Å². The van der Waals surface area contributed by atoms with E-state index in [1.807, 2.05) is 42.6 Å². The van der Waals surface area contributed by atoms with Crippen molar-refractivity contribution < 1.29 is 8.42 Å². The molecule has 0 bridgehead atoms. The van der Waals surface area contributed by atoms with E-state index < -0.39 is 10.0 Å². The molecule has 0 unspecified atom stereocenters. The summed E-state index contributed by atoms with van der Waals surface area (Å²) in [6.07, 6.45) is 4.15. The van der Waals surface area contributed by atoms with Gasteiger partial charge in [0, 0.05) is 35.2 Å². The minimum Gasteiger partial charge on any atom is -0.361 e. The van der Waals surface area contributed by atoms with Crippen molar-refractivity contribution in [2.75, 3.05) is 6.54 Å². The highest BCUT2D eigenvalue weighted by molar-refractivity contribution is 7.89. The Balaban J connectivity index is 1.55. The molecule has 4 rings (SSSR count). The van der Waals surface area contributed by atoms with E-state index in [4.69, 9.17) is 0 Å². The van der Waals surface area contributed by atoms with Gasteiger partial charge in [-0.2, -0.15) is 0 Å². The highest BCUT2D eigenvalue weighted by Crippen LogP contribution is 2.21. The second-order valence-corrected chi connectivity index (χ2v) is 7.57. The Morgan fingerprint density at radius 3 is 2.76 bits per heavy atom. The maximum Gasteiger partial charge on any atom is 0.242 e. The summed E-state index contributed by atoms with van der Waals surface area (Å²) in [5.41, 5.74) is 2.64. The summed E-state index contributed by atoms with van der Waals surface area (Å²) < 4.78 is 28.0. The van der Waals surface area contributed by atoms with Crippen molar-refractivity contribution in [3.05, 3.63) is 72.6 Å². The maximum atomic E-state index is 12.7. The van der Waals surface area contributed by atoms with Crippen molar-refractivity contribution in [2.45, 2.75) is 11.3 Å². The topological polar surface area (TPSA) is 74.8 Å². The second kappa shape index (κ2) is 6.31. The van der Waals surface area contributed by atoms with Crippen molar-refractivity contribution >= 4 is 31.8 Å². The van der Waals surface area contributed by atoms with Gasteiger partial charge in [-0.05, 0) is 30.2 Å². The highest BCUT2D eigenvalue weighted by atomic mass is 32.2. The Hall–Kier alpha value is -2.70. The van der Waals surface area contributed by atoms with Gasteiger partial charge >= 0.3 is 0 Å². The van der Waals surface area contributed by atoms with Crippen LogP contribution in [0.1, 0.15) is 5.56 Å². The lowest BCUT2D eigenvalue weighted by Gasteiger charge is -2.08. The van der Waals surface area contributed by atoms with Crippen molar-refractivity contribution in [1.29, 1.82) is 0 Å². The molecular weight excluding hydrogens is 334 g/mol. The molecule has 0 spiro atoms. The molecule has 2 heterocycles. The van der Waals surface area contributed by atoms with Crippen molar-refractivity contribution in [2.24, 2.45) is 0 Å². The van der Waals surface area contributed by atoms with Gasteiger partial charge in [-0.3, -0.25) is 4.98 Å². The van der Waals surface area contributed by atoms with Gasteiger partial charge in [-0.25, -0.2) is 13.1 Å². The average Bonchev–Trinajstić information content (AvgIpc) is 3.04. The zero-order valence-electron chi connectivity index (χ0n) is 13.4. The lowest BCUT2D eigenvalue weighted by molar-refractivity contribution is 0.582. The van der Waals surface area contributed by atoms with E-state index in [1.165, 1.54) is 0 Å². The summed E-state index contributed by atoms with van der Waals surface area (Å²) in [4.78, 5) is 7.64. The summed E-state index contributed by atoms with van der Waals surface area (Å²) in [6, 6.07) is 16.8. The predicted octanol–water partition coefficient (Wildman–Crippen LogP) is 3.24. The van der Waals surface area contributed by atoms with Crippen LogP contribution in [0, 0.1) is 0 Å². The van der Waals surface area contributed by atoms with Crippen LogP contribution in [0.15, 0.2) is 71.9 Å². The molecule has 126 valence electrons. The number of nitrogens with one attached hydrogen (secondary N) is 2. The number of aromatic amines is 1. The zero-order valence-corrected chi connectivity index (χ0v) is 14.3. The Kier molecular flexibility index (Phi) is 3.99. The fourth-order valence-electron chi connectivity index (χ4n) is 3.03. The molecule has 0 aliphatic carbocycles. The molecule has 5 nitrogen and oxygen atoms in total. The third kappa shape index (κ3) is 3.01. The van der Waals surface area contributed by atoms with Crippen LogP contribution in [-0.4, -0.2) is 24.9 Å². The Labute approximate surface area is 145 Å². The monoisotopic (exact) mass is 351 g/mol. The number of hydrogen-bond donors (Lipinski definition) is 2. The fourth-order valence-corrected chi connectivity index (χ4v) is 4.24. The molecule has 0 radical (unpaired) electrons. The predicted molar refractivity (Wildman–Crippen MR) is 98.9 cm³/mol. The first kappa shape index (κ1) is 15.8. The Morgan fingerprint density at radius 2 is 1.84 bits per heavy atom. The summed E-state index contributed by atoms with van der Waals surface area (Å²) >= 11 is 0. The van der Waals surface area contributed by atoms with Gasteiger partial charge in [0.05, 0.1) is 5.52 Å². The van der Waals surface area contributed by atoms with Crippen LogP contribution in [0.5, 0.6) is 0 Å². The van der Waals surface area contributed by atoms with Gasteiger partial charge in [-0.1, -0.05) is 36.4 Å². The zero-order chi connectivity index (χ0) is 17.3. The van der Waals surface area contributed by atoms with Gasteiger partial charge in [0.25, 0.3) is 0 Å². The van der Waals surface area contributed by atoms with E-state index in [0.717, 1.165) is 21.9 Å². The first-order valence-electron chi connectivity index (χ1n) is 8.03. The standard InChI is InChI=1S/C19H17N3O2S/c23-25(24,18-9-3-5-14-6-4-11-20-19(14)18)22-12-10-15-13-21-17-8-2-1-7-16(15)17/h1-9,11,13,21-22H,10,12H2. The average molecular weight is 351 g/mol. The van der Waals surface area contributed by atoms with E-state index in [2.05, 4.69) is 14.7 Å². The second-order valence-electron chi connectivity index (χ2n) is 5.84. The molecule has 2 aromatic carbocycles. The van der Waals surface area contributed by atoms with Crippen LogP contribution in [0.2, 0.25) is 0 Å². The molecule has 2 N–H and O–H groups in total. The van der Waals surface area contributed by atoms with Crippen molar-refractivity contribution in [3.8, 4) is 0 Å². The van der Waals surface area contributed by atoms with Crippen LogP contribution in [-0.2, 0) is 16.4 Å². The number of pyridine rings is 1. The Bertz CT molecular complexity index is 1140. The quantitative estimate of drug-likeness (QED) is 0.580. The van der Waals surface area contributed by atoms with Gasteiger partial charge < -0.3 is 4.98 Å². The number of nitrogens with zero attached hydrogens (tertiary/aromatic N) is 1. The number of benzene rings is 2. The third-order valence-corrected chi connectivity index (χ3v) is 5.74. The molecule has 0 amide bonds. The SMILES string of the molecule is O=S(=O)(NCCc1c[nH]c2ccccc12)c1cccc2cccnc12. The molecule has 0 saturated heterocycles. The van der Waals surface area contributed by atoms with Crippen LogP contribution < -0.4 is 4.72 Å². The fraction of sp³-hybridized carbons (Fsp3) is 0.105. The van der Waals surface area contributed by atoms with E-state index >= 15 is 0 Å². The first-order chi connectivity index (χ1) is 12.1. The molecule has 6 heteroatoms. The molecule has 25 heavy (non-hydrogen) atoms. The van der Waals surface area contributed by atoms with Gasteiger partial charge in [0.1, 0.15) is 4.90 Å². The first-order valence-corrected chi connectivity index (χ1v) is 9.52. The minimum absolute atomic E-state index is 0.213. The molecule has 2 aromatic heterocycles. The number of rotatable bonds is 5. The summed E-state index contributed by atoms with van der Waals surface area (Å²) in [5, 5.41) is 1.93. The lowest BCUT2D eigenvalue weighted by Crippen LogP contribution is -2.26. The van der Waals surface area contributed by atoms with E-state index in [0.29, 0.717) is 18.5 Å². The normalized spacial score (nSPS) is 12.0. The molecule has 0 atom stereocenters. The summed E-state index contributed by atoms with van der Waals surface area (Å²) in [7, 11) is -3.62. The molecule has 0 aliphatic rings. The number of para-hydroxylation sites is 2. The smallest absolute Gasteiger partial charge is 0.242 e. The van der Waals surface area contributed by atoms with E-state index in [1.54, 1.807) is 24.4 Å². The van der Waals surface area contributed by atoms with Gasteiger partial charge in [0.2, 0.25) is 10.0 Å². The number of sulfonamides is 1. The number of aromatic nitrogens is 2. The number of fused-ring (bicyclic) bond motifs is 2. The van der Waals surface area contributed by atoms with Gasteiger partial charge in [-0.15, -0.1) is 0 Å². The molecule has 4 aromatic rings. The lowest BCUT2D eigenvalue weighted by atomic mass is 10.1. The largest absolute Gasteiger partial charge is 0.361 e. The molecular formula is C19H17N3O2S. The Morgan fingerprint density at radius 1 is 1.00 bits per heavy atom. The minimum atomic E-state index is -3.62.